The minimum Gasteiger partial charge on any atom is -0.469 e. The zero-order valence-corrected chi connectivity index (χ0v) is 18.8. The van der Waals surface area contributed by atoms with Crippen LogP contribution in [-0.4, -0.2) is 30.7 Å². The van der Waals surface area contributed by atoms with Crippen molar-refractivity contribution >= 4 is 29.9 Å². The van der Waals surface area contributed by atoms with E-state index >= 15 is 0 Å². The third-order valence-electron chi connectivity index (χ3n) is 3.97. The Hall–Kier alpha value is -1.74. The minimum atomic E-state index is -1.11. The summed E-state index contributed by atoms with van der Waals surface area (Å²) >= 11 is 0. The van der Waals surface area contributed by atoms with Gasteiger partial charge in [0, 0.05) is 25.1 Å². The molecule has 0 radical (unpaired) electrons. The highest BCUT2D eigenvalue weighted by molar-refractivity contribution is 14.0. The van der Waals surface area contributed by atoms with Crippen LogP contribution in [0.1, 0.15) is 36.7 Å². The summed E-state index contributed by atoms with van der Waals surface area (Å²) in [7, 11) is 0. The van der Waals surface area contributed by atoms with Gasteiger partial charge in [0.05, 0.1) is 12.8 Å². The second kappa shape index (κ2) is 10.6. The van der Waals surface area contributed by atoms with Crippen molar-refractivity contribution in [2.24, 2.45) is 4.99 Å². The van der Waals surface area contributed by atoms with Gasteiger partial charge in [-0.2, -0.15) is 0 Å². The average Bonchev–Trinajstić information content (AvgIpc) is 3.19. The van der Waals surface area contributed by atoms with E-state index in [1.54, 1.807) is 13.2 Å². The Balaban J connectivity index is 0.00000364. The fourth-order valence-corrected chi connectivity index (χ4v) is 2.65. The molecule has 2 aromatic heterocycles. The standard InChI is InChI=1S/C20H29N3O3.HI/c1-14(2)12-22-19(21-9-8-17-7-6-10-25-17)23-13-20(5,24)18-11-15(3)26-16(18)4;/h6-7,10-11,24H,1,8-9,12-13H2,2-5H3,(H2,21,22,23);1H. The van der Waals surface area contributed by atoms with Crippen LogP contribution in [0.4, 0.5) is 0 Å². The second-order valence-corrected chi connectivity index (χ2v) is 6.83. The number of aryl methyl sites for hydroxylation is 2. The first-order valence-electron chi connectivity index (χ1n) is 8.77. The summed E-state index contributed by atoms with van der Waals surface area (Å²) in [5, 5.41) is 17.3. The molecule has 0 aromatic carbocycles. The van der Waals surface area contributed by atoms with Gasteiger partial charge in [-0.1, -0.05) is 12.2 Å². The van der Waals surface area contributed by atoms with Crippen LogP contribution in [0.3, 0.4) is 0 Å². The molecule has 0 aliphatic carbocycles. The summed E-state index contributed by atoms with van der Waals surface area (Å²) in [5.41, 5.74) is 0.646. The van der Waals surface area contributed by atoms with Gasteiger partial charge in [0.25, 0.3) is 0 Å². The number of hydrogen-bond acceptors (Lipinski definition) is 4. The molecule has 6 nitrogen and oxygen atoms in total. The monoisotopic (exact) mass is 487 g/mol. The SMILES string of the molecule is C=C(C)CNC(=NCC(C)(O)c1cc(C)oc1C)NCCc1ccco1.I. The van der Waals surface area contributed by atoms with Crippen molar-refractivity contribution in [1.29, 1.82) is 0 Å². The second-order valence-electron chi connectivity index (χ2n) is 6.83. The van der Waals surface area contributed by atoms with Gasteiger partial charge in [-0.25, -0.2) is 4.99 Å². The molecule has 0 bridgehead atoms. The first-order chi connectivity index (χ1) is 12.3. The summed E-state index contributed by atoms with van der Waals surface area (Å²) < 4.78 is 10.9. The Morgan fingerprint density at radius 2 is 2.07 bits per heavy atom. The maximum Gasteiger partial charge on any atom is 0.191 e. The number of hydrogen-bond donors (Lipinski definition) is 3. The first-order valence-corrected chi connectivity index (χ1v) is 8.77. The lowest BCUT2D eigenvalue weighted by atomic mass is 9.96. The quantitative estimate of drug-likeness (QED) is 0.229. The number of aliphatic imine (C=N–C) groups is 1. The van der Waals surface area contributed by atoms with Crippen molar-refractivity contribution < 1.29 is 13.9 Å². The highest BCUT2D eigenvalue weighted by Crippen LogP contribution is 2.27. The molecule has 0 saturated heterocycles. The van der Waals surface area contributed by atoms with E-state index < -0.39 is 5.60 Å². The lowest BCUT2D eigenvalue weighted by Crippen LogP contribution is -2.40. The molecule has 1 atom stereocenters. The fourth-order valence-electron chi connectivity index (χ4n) is 2.65. The largest absolute Gasteiger partial charge is 0.469 e. The van der Waals surface area contributed by atoms with E-state index in [-0.39, 0.29) is 30.5 Å². The van der Waals surface area contributed by atoms with E-state index in [0.717, 1.165) is 29.1 Å². The fraction of sp³-hybridized carbons (Fsp3) is 0.450. The van der Waals surface area contributed by atoms with Gasteiger partial charge in [0.2, 0.25) is 0 Å². The van der Waals surface area contributed by atoms with Crippen molar-refractivity contribution in [3.63, 3.8) is 0 Å². The Labute approximate surface area is 178 Å². The van der Waals surface area contributed by atoms with E-state index in [1.165, 1.54) is 0 Å². The first kappa shape index (κ1) is 23.3. The third kappa shape index (κ3) is 7.42. The van der Waals surface area contributed by atoms with Crippen molar-refractivity contribution in [3.05, 3.63) is 59.5 Å². The maximum absolute atomic E-state index is 10.8. The van der Waals surface area contributed by atoms with Crippen LogP contribution >= 0.6 is 24.0 Å². The van der Waals surface area contributed by atoms with Crippen LogP contribution in [0.15, 0.2) is 50.4 Å². The third-order valence-corrected chi connectivity index (χ3v) is 3.97. The summed E-state index contributed by atoms with van der Waals surface area (Å²) in [6, 6.07) is 5.67. The van der Waals surface area contributed by atoms with E-state index in [9.17, 15) is 5.11 Å². The maximum atomic E-state index is 10.8. The number of nitrogens with one attached hydrogen (secondary N) is 2. The molecule has 2 heterocycles. The molecule has 2 aromatic rings. The molecule has 150 valence electrons. The van der Waals surface area contributed by atoms with Crippen LogP contribution in [0.25, 0.3) is 0 Å². The summed E-state index contributed by atoms with van der Waals surface area (Å²) in [4.78, 5) is 4.54. The number of furan rings is 2. The van der Waals surface area contributed by atoms with Crippen molar-refractivity contribution in [2.45, 2.75) is 39.7 Å². The Morgan fingerprint density at radius 1 is 1.33 bits per heavy atom. The summed E-state index contributed by atoms with van der Waals surface area (Å²) in [6.07, 6.45) is 2.41. The van der Waals surface area contributed by atoms with Crippen LogP contribution in [-0.2, 0) is 12.0 Å². The molecule has 1 unspecified atom stereocenters. The zero-order chi connectivity index (χ0) is 19.2. The highest BCUT2D eigenvalue weighted by atomic mass is 127. The van der Waals surface area contributed by atoms with Gasteiger partial charge in [0.15, 0.2) is 5.96 Å². The number of aliphatic hydroxyl groups is 1. The molecular formula is C20H30IN3O3. The van der Waals surface area contributed by atoms with E-state index in [4.69, 9.17) is 8.83 Å². The average molecular weight is 487 g/mol. The molecule has 0 spiro atoms. The molecule has 3 N–H and O–H groups in total. The van der Waals surface area contributed by atoms with Gasteiger partial charge in [0.1, 0.15) is 22.9 Å². The van der Waals surface area contributed by atoms with Gasteiger partial charge >= 0.3 is 0 Å². The molecule has 7 heteroatoms. The van der Waals surface area contributed by atoms with E-state index in [0.29, 0.717) is 24.8 Å². The Kier molecular flexibility index (Phi) is 9.11. The van der Waals surface area contributed by atoms with Crippen molar-refractivity contribution in [1.82, 2.24) is 10.6 Å². The molecule has 0 amide bonds. The van der Waals surface area contributed by atoms with Gasteiger partial charge in [-0.15, -0.1) is 24.0 Å². The van der Waals surface area contributed by atoms with Crippen molar-refractivity contribution in [2.75, 3.05) is 19.6 Å². The molecule has 0 aliphatic heterocycles. The topological polar surface area (TPSA) is 82.9 Å². The van der Waals surface area contributed by atoms with Gasteiger partial charge in [-0.3, -0.25) is 0 Å². The van der Waals surface area contributed by atoms with Crippen molar-refractivity contribution in [3.8, 4) is 0 Å². The smallest absolute Gasteiger partial charge is 0.191 e. The van der Waals surface area contributed by atoms with Crippen LogP contribution in [0.5, 0.6) is 0 Å². The van der Waals surface area contributed by atoms with Gasteiger partial charge in [-0.05, 0) is 45.9 Å². The Morgan fingerprint density at radius 3 is 2.63 bits per heavy atom. The van der Waals surface area contributed by atoms with Crippen LogP contribution < -0.4 is 10.6 Å². The Bertz CT molecular complexity index is 749. The molecule has 27 heavy (non-hydrogen) atoms. The minimum absolute atomic E-state index is 0. The molecular weight excluding hydrogens is 457 g/mol. The highest BCUT2D eigenvalue weighted by Gasteiger charge is 2.27. The predicted octanol–water partition coefficient (Wildman–Crippen LogP) is 3.67. The number of nitrogens with zero attached hydrogens (tertiary/aromatic N) is 1. The molecule has 0 aliphatic rings. The number of halogens is 1. The zero-order valence-electron chi connectivity index (χ0n) is 16.5. The predicted molar refractivity (Wildman–Crippen MR) is 119 cm³/mol. The van der Waals surface area contributed by atoms with Crippen LogP contribution in [0.2, 0.25) is 0 Å². The number of rotatable bonds is 8. The van der Waals surface area contributed by atoms with E-state index in [1.807, 2.05) is 39.0 Å². The lowest BCUT2D eigenvalue weighted by molar-refractivity contribution is 0.0657. The molecule has 2 rings (SSSR count). The normalized spacial score (nSPS) is 13.6. The molecule has 0 saturated carbocycles. The number of guanidine groups is 1. The summed E-state index contributed by atoms with van der Waals surface area (Å²) in [5.74, 6) is 3.02. The van der Waals surface area contributed by atoms with Crippen LogP contribution in [0, 0.1) is 13.8 Å². The molecule has 0 fully saturated rings. The summed E-state index contributed by atoms with van der Waals surface area (Å²) in [6.45, 7) is 12.8. The lowest BCUT2D eigenvalue weighted by Gasteiger charge is -2.21. The van der Waals surface area contributed by atoms with E-state index in [2.05, 4.69) is 22.2 Å². The van der Waals surface area contributed by atoms with Gasteiger partial charge < -0.3 is 24.6 Å².